The Hall–Kier alpha value is -1.02. The van der Waals surface area contributed by atoms with Gasteiger partial charge < -0.3 is 5.32 Å². The minimum atomic E-state index is 0.127. The summed E-state index contributed by atoms with van der Waals surface area (Å²) in [4.78, 5) is 12.1. The Balaban J connectivity index is 2.53. The first kappa shape index (κ1) is 14.4. The van der Waals surface area contributed by atoms with Gasteiger partial charge in [0.2, 0.25) is 0 Å². The minimum absolute atomic E-state index is 0.127. The average Bonchev–Trinajstić information content (AvgIpc) is 2.38. The molecule has 0 aliphatic carbocycles. The van der Waals surface area contributed by atoms with Gasteiger partial charge >= 0.3 is 0 Å². The number of halogens is 1. The van der Waals surface area contributed by atoms with Crippen molar-refractivity contribution in [3.05, 3.63) is 28.8 Å². The number of nitrogens with one attached hydrogen (secondary N) is 1. The number of rotatable bonds is 4. The smallest absolute Gasteiger partial charge is 0.164 e. The number of ketones is 1. The summed E-state index contributed by atoms with van der Waals surface area (Å²) in [6.45, 7) is 7.64. The van der Waals surface area contributed by atoms with Crippen molar-refractivity contribution in [3.63, 3.8) is 0 Å². The summed E-state index contributed by atoms with van der Waals surface area (Å²) < 4.78 is 0. The van der Waals surface area contributed by atoms with E-state index in [9.17, 15) is 4.79 Å². The Morgan fingerprint density at radius 3 is 2.79 bits per heavy atom. The molecule has 0 saturated carbocycles. The first-order valence-electron chi connectivity index (χ1n) is 7.00. The maximum atomic E-state index is 12.1. The number of hydrogen-bond donors (Lipinski definition) is 1. The highest BCUT2D eigenvalue weighted by Crippen LogP contribution is 2.39. The predicted molar refractivity (Wildman–Crippen MR) is 81.6 cm³/mol. The molecule has 0 atom stereocenters. The molecule has 2 rings (SSSR count). The first-order chi connectivity index (χ1) is 8.99. The topological polar surface area (TPSA) is 29.1 Å². The molecule has 0 unspecified atom stereocenters. The predicted octanol–water partition coefficient (Wildman–Crippen LogP) is 4.15. The number of hydrogen-bond acceptors (Lipinski definition) is 2. The highest BCUT2D eigenvalue weighted by atomic mass is 35.5. The maximum absolute atomic E-state index is 12.1. The molecule has 0 amide bonds. The summed E-state index contributed by atoms with van der Waals surface area (Å²) >= 11 is 5.69. The van der Waals surface area contributed by atoms with E-state index in [-0.39, 0.29) is 11.2 Å². The van der Waals surface area contributed by atoms with Crippen LogP contribution in [0.5, 0.6) is 0 Å². The molecule has 0 fully saturated rings. The standard InChI is InChI=1S/C16H22ClNO/c1-4-11-9-12(14(19)5-7-17)10-13-15(11)18-8-6-16(13,2)3/h9-10,18H,4-8H2,1-3H3. The molecular formula is C16H22ClNO. The van der Waals surface area contributed by atoms with Crippen LogP contribution in [0.1, 0.15) is 55.1 Å². The molecule has 1 aliphatic rings. The summed E-state index contributed by atoms with van der Waals surface area (Å²) in [5, 5.41) is 3.50. The third-order valence-corrected chi connectivity index (χ3v) is 4.21. The monoisotopic (exact) mass is 279 g/mol. The second kappa shape index (κ2) is 5.54. The Labute approximate surface area is 120 Å². The molecule has 1 aromatic carbocycles. The zero-order chi connectivity index (χ0) is 14.0. The van der Waals surface area contributed by atoms with E-state index in [0.29, 0.717) is 12.3 Å². The van der Waals surface area contributed by atoms with E-state index < -0.39 is 0 Å². The van der Waals surface area contributed by atoms with Crippen molar-refractivity contribution in [3.8, 4) is 0 Å². The normalized spacial score (nSPS) is 16.6. The van der Waals surface area contributed by atoms with E-state index in [1.54, 1.807) is 0 Å². The van der Waals surface area contributed by atoms with Crippen LogP contribution in [-0.4, -0.2) is 18.2 Å². The number of carbonyl (C=O) groups excluding carboxylic acids is 1. The number of anilines is 1. The minimum Gasteiger partial charge on any atom is -0.385 e. The van der Waals surface area contributed by atoms with Crippen molar-refractivity contribution in [1.82, 2.24) is 0 Å². The van der Waals surface area contributed by atoms with Crippen molar-refractivity contribution < 1.29 is 4.79 Å². The summed E-state index contributed by atoms with van der Waals surface area (Å²) in [6, 6.07) is 4.09. The molecule has 19 heavy (non-hydrogen) atoms. The van der Waals surface area contributed by atoms with Gasteiger partial charge in [-0.15, -0.1) is 11.6 Å². The van der Waals surface area contributed by atoms with Crippen molar-refractivity contribution in [1.29, 1.82) is 0 Å². The van der Waals surface area contributed by atoms with Gasteiger partial charge in [0.25, 0.3) is 0 Å². The van der Waals surface area contributed by atoms with Crippen molar-refractivity contribution in [2.45, 2.75) is 45.4 Å². The zero-order valence-electron chi connectivity index (χ0n) is 12.0. The quantitative estimate of drug-likeness (QED) is 0.662. The van der Waals surface area contributed by atoms with Crippen molar-refractivity contribution in [2.75, 3.05) is 17.7 Å². The van der Waals surface area contributed by atoms with Gasteiger partial charge in [0.15, 0.2) is 5.78 Å². The van der Waals surface area contributed by atoms with E-state index in [0.717, 1.165) is 24.9 Å². The van der Waals surface area contributed by atoms with Crippen LogP contribution < -0.4 is 5.32 Å². The fourth-order valence-corrected chi connectivity index (χ4v) is 2.92. The summed E-state index contributed by atoms with van der Waals surface area (Å²) in [7, 11) is 0. The van der Waals surface area contributed by atoms with Crippen LogP contribution in [0.3, 0.4) is 0 Å². The summed E-state index contributed by atoms with van der Waals surface area (Å²) in [5.74, 6) is 0.535. The number of Topliss-reactive ketones (excluding diaryl/α,β-unsaturated/α-hetero) is 1. The van der Waals surface area contributed by atoms with Crippen LogP contribution in [0.4, 0.5) is 5.69 Å². The lowest BCUT2D eigenvalue weighted by molar-refractivity contribution is 0.0989. The number of alkyl halides is 1. The molecule has 0 radical (unpaired) electrons. The van der Waals surface area contributed by atoms with E-state index >= 15 is 0 Å². The Morgan fingerprint density at radius 2 is 2.16 bits per heavy atom. The SMILES string of the molecule is CCc1cc(C(=O)CCCl)cc2c1NCCC2(C)C. The van der Waals surface area contributed by atoms with Crippen molar-refractivity contribution in [2.24, 2.45) is 0 Å². The van der Waals surface area contributed by atoms with Gasteiger partial charge in [-0.3, -0.25) is 4.79 Å². The maximum Gasteiger partial charge on any atom is 0.164 e. The molecule has 1 aromatic rings. The van der Waals surface area contributed by atoms with Gasteiger partial charge in [-0.2, -0.15) is 0 Å². The van der Waals surface area contributed by atoms with E-state index in [1.807, 2.05) is 6.07 Å². The van der Waals surface area contributed by atoms with Crippen LogP contribution >= 0.6 is 11.6 Å². The fraction of sp³-hybridized carbons (Fsp3) is 0.562. The molecule has 1 heterocycles. The van der Waals surface area contributed by atoms with Gasteiger partial charge in [-0.05, 0) is 41.5 Å². The highest BCUT2D eigenvalue weighted by molar-refractivity contribution is 6.19. The van der Waals surface area contributed by atoms with Crippen LogP contribution in [-0.2, 0) is 11.8 Å². The van der Waals surface area contributed by atoms with Crippen LogP contribution in [0, 0.1) is 0 Å². The lowest BCUT2D eigenvalue weighted by Gasteiger charge is -2.35. The van der Waals surface area contributed by atoms with Gasteiger partial charge in [0.1, 0.15) is 0 Å². The zero-order valence-corrected chi connectivity index (χ0v) is 12.7. The highest BCUT2D eigenvalue weighted by Gasteiger charge is 2.29. The van der Waals surface area contributed by atoms with Crippen LogP contribution in [0.2, 0.25) is 0 Å². The van der Waals surface area contributed by atoms with Crippen LogP contribution in [0.25, 0.3) is 0 Å². The largest absolute Gasteiger partial charge is 0.385 e. The number of benzene rings is 1. The second-order valence-corrected chi connectivity index (χ2v) is 6.21. The third kappa shape index (κ3) is 2.79. The summed E-state index contributed by atoms with van der Waals surface area (Å²) in [6.07, 6.45) is 2.45. The lowest BCUT2D eigenvalue weighted by Crippen LogP contribution is -2.29. The Kier molecular flexibility index (Phi) is 4.19. The molecule has 3 heteroatoms. The van der Waals surface area contributed by atoms with Crippen LogP contribution in [0.15, 0.2) is 12.1 Å². The Bertz CT molecular complexity index is 494. The summed E-state index contributed by atoms with van der Waals surface area (Å²) in [5.41, 5.74) is 4.69. The number of carbonyl (C=O) groups is 1. The van der Waals surface area contributed by atoms with E-state index in [2.05, 4.69) is 32.2 Å². The fourth-order valence-electron chi connectivity index (χ4n) is 2.75. The van der Waals surface area contributed by atoms with Gasteiger partial charge in [0.05, 0.1) is 0 Å². The molecule has 0 saturated heterocycles. The number of aryl methyl sites for hydroxylation is 1. The third-order valence-electron chi connectivity index (χ3n) is 4.03. The first-order valence-corrected chi connectivity index (χ1v) is 7.53. The Morgan fingerprint density at radius 1 is 1.42 bits per heavy atom. The molecule has 2 nitrogen and oxygen atoms in total. The molecule has 1 N–H and O–H groups in total. The van der Waals surface area contributed by atoms with Crippen molar-refractivity contribution >= 4 is 23.1 Å². The lowest BCUT2D eigenvalue weighted by atomic mass is 9.76. The molecule has 0 bridgehead atoms. The average molecular weight is 280 g/mol. The van der Waals surface area contributed by atoms with Gasteiger partial charge in [-0.25, -0.2) is 0 Å². The number of fused-ring (bicyclic) bond motifs is 1. The molecule has 0 aromatic heterocycles. The van der Waals surface area contributed by atoms with E-state index in [1.165, 1.54) is 16.8 Å². The second-order valence-electron chi connectivity index (χ2n) is 5.83. The molecule has 104 valence electrons. The molecule has 1 aliphatic heterocycles. The molecular weight excluding hydrogens is 258 g/mol. The van der Waals surface area contributed by atoms with Gasteiger partial charge in [-0.1, -0.05) is 20.8 Å². The van der Waals surface area contributed by atoms with E-state index in [4.69, 9.17) is 11.6 Å². The van der Waals surface area contributed by atoms with Gasteiger partial charge in [0, 0.05) is 30.1 Å². The molecule has 0 spiro atoms.